The quantitative estimate of drug-likeness (QED) is 0.362. The second-order valence-corrected chi connectivity index (χ2v) is 7.37. The molecule has 1 saturated heterocycles. The van der Waals surface area contributed by atoms with E-state index < -0.39 is 42.8 Å². The van der Waals surface area contributed by atoms with Gasteiger partial charge in [0.05, 0.1) is 34.3 Å². The number of fused-ring (bicyclic) bond motifs is 2. The molecule has 0 saturated carbocycles. The van der Waals surface area contributed by atoms with Gasteiger partial charge in [-0.15, -0.1) is 0 Å². The zero-order valence-corrected chi connectivity index (χ0v) is 16.3. The van der Waals surface area contributed by atoms with E-state index in [2.05, 4.69) is 9.97 Å². The highest BCUT2D eigenvalue weighted by molar-refractivity contribution is 6.03. The molecule has 0 bridgehead atoms. The van der Waals surface area contributed by atoms with Gasteiger partial charge >= 0.3 is 5.97 Å². The molecule has 2 heterocycles. The van der Waals surface area contributed by atoms with Crippen LogP contribution in [0.15, 0.2) is 36.4 Å². The summed E-state index contributed by atoms with van der Waals surface area (Å²) >= 11 is 0. The number of carbonyl (C=O) groups excluding carboxylic acids is 1. The fourth-order valence-corrected chi connectivity index (χ4v) is 3.58. The van der Waals surface area contributed by atoms with Crippen LogP contribution in [0.2, 0.25) is 0 Å². The Kier molecular flexibility index (Phi) is 5.39. The second-order valence-electron chi connectivity index (χ2n) is 7.37. The molecule has 1 aromatic heterocycles. The van der Waals surface area contributed by atoms with Gasteiger partial charge in [0.2, 0.25) is 0 Å². The largest absolute Gasteiger partial charge is 0.450 e. The standard InChI is InChI=1S/C21H22N2O7/c1-9(24)11-5-3-7-13-15(11)22-14-8-4-6-12(16(14)23-13)20(27)30-19-18(26)17(25)10(2)29-21(19)28/h3-10,17-19,21,24-26,28H,1-2H3/t9?,10-,17-,18+,19-,21-/m1/s1. The summed E-state index contributed by atoms with van der Waals surface area (Å²) in [6, 6.07) is 9.98. The van der Waals surface area contributed by atoms with Gasteiger partial charge in [-0.2, -0.15) is 0 Å². The SMILES string of the molecule is CC(O)c1cccc2nc3c(C(=O)O[C@@H]4[C@@H](O)[C@H](O)[C@@H](C)O[C@H]4O)cccc3nc12. The first kappa shape index (κ1) is 20.6. The zero-order chi connectivity index (χ0) is 21.6. The molecule has 4 rings (SSSR count). The van der Waals surface area contributed by atoms with Gasteiger partial charge in [-0.1, -0.05) is 18.2 Å². The fourth-order valence-electron chi connectivity index (χ4n) is 3.58. The number of hydrogen-bond donors (Lipinski definition) is 4. The van der Waals surface area contributed by atoms with Crippen LogP contribution < -0.4 is 0 Å². The lowest BCUT2D eigenvalue weighted by molar-refractivity contribution is -0.276. The molecule has 6 atom stereocenters. The summed E-state index contributed by atoms with van der Waals surface area (Å²) in [5.41, 5.74) is 2.40. The van der Waals surface area contributed by atoms with E-state index >= 15 is 0 Å². The summed E-state index contributed by atoms with van der Waals surface area (Å²) in [6.45, 7) is 3.12. The highest BCUT2D eigenvalue weighted by Gasteiger charge is 2.44. The third-order valence-corrected chi connectivity index (χ3v) is 5.24. The van der Waals surface area contributed by atoms with Gasteiger partial charge < -0.3 is 29.9 Å². The van der Waals surface area contributed by atoms with E-state index in [1.165, 1.54) is 13.0 Å². The number of para-hydroxylation sites is 2. The fraction of sp³-hybridized carbons (Fsp3) is 0.381. The lowest BCUT2D eigenvalue weighted by Crippen LogP contribution is -2.58. The molecule has 0 spiro atoms. The average Bonchev–Trinajstić information content (AvgIpc) is 2.72. The van der Waals surface area contributed by atoms with Crippen molar-refractivity contribution in [3.63, 3.8) is 0 Å². The van der Waals surface area contributed by atoms with Crippen molar-refractivity contribution in [1.29, 1.82) is 0 Å². The Morgan fingerprint density at radius 3 is 2.37 bits per heavy atom. The van der Waals surface area contributed by atoms with E-state index in [4.69, 9.17) is 9.47 Å². The molecule has 0 amide bonds. The van der Waals surface area contributed by atoms with Crippen LogP contribution >= 0.6 is 0 Å². The highest BCUT2D eigenvalue weighted by atomic mass is 16.7. The first-order chi connectivity index (χ1) is 14.3. The zero-order valence-electron chi connectivity index (χ0n) is 16.3. The number of hydrogen-bond acceptors (Lipinski definition) is 9. The minimum absolute atomic E-state index is 0.0804. The van der Waals surface area contributed by atoms with Crippen molar-refractivity contribution in [2.24, 2.45) is 0 Å². The summed E-state index contributed by atoms with van der Waals surface area (Å²) in [5, 5.41) is 40.2. The second kappa shape index (κ2) is 7.86. The molecular weight excluding hydrogens is 392 g/mol. The Hall–Kier alpha value is -2.69. The van der Waals surface area contributed by atoms with E-state index in [9.17, 15) is 25.2 Å². The molecule has 1 unspecified atom stereocenters. The van der Waals surface area contributed by atoms with E-state index in [0.717, 1.165) is 0 Å². The van der Waals surface area contributed by atoms with Crippen LogP contribution in [0.5, 0.6) is 0 Å². The molecular formula is C21H22N2O7. The Balaban J connectivity index is 1.73. The topological polar surface area (TPSA) is 142 Å². The minimum Gasteiger partial charge on any atom is -0.450 e. The first-order valence-electron chi connectivity index (χ1n) is 9.56. The van der Waals surface area contributed by atoms with Crippen LogP contribution in [0, 0.1) is 0 Å². The number of nitrogens with zero attached hydrogens (tertiary/aromatic N) is 2. The number of aromatic nitrogens is 2. The molecule has 3 aromatic rings. The molecule has 1 aliphatic heterocycles. The molecule has 9 nitrogen and oxygen atoms in total. The van der Waals surface area contributed by atoms with Gasteiger partial charge in [0.1, 0.15) is 17.7 Å². The van der Waals surface area contributed by atoms with Crippen molar-refractivity contribution in [1.82, 2.24) is 9.97 Å². The third-order valence-electron chi connectivity index (χ3n) is 5.24. The van der Waals surface area contributed by atoms with Gasteiger partial charge in [-0.25, -0.2) is 14.8 Å². The van der Waals surface area contributed by atoms with Crippen molar-refractivity contribution in [3.8, 4) is 0 Å². The van der Waals surface area contributed by atoms with Gasteiger partial charge in [-0.05, 0) is 32.0 Å². The normalized spacial score (nSPS) is 27.9. The van der Waals surface area contributed by atoms with Gasteiger partial charge in [0.25, 0.3) is 0 Å². The molecule has 1 fully saturated rings. The highest BCUT2D eigenvalue weighted by Crippen LogP contribution is 2.27. The number of aliphatic hydroxyl groups is 4. The Bertz CT molecular complexity index is 1100. The summed E-state index contributed by atoms with van der Waals surface area (Å²) in [5.74, 6) is -0.852. The molecule has 30 heavy (non-hydrogen) atoms. The molecule has 1 aliphatic rings. The van der Waals surface area contributed by atoms with E-state index in [-0.39, 0.29) is 11.1 Å². The third kappa shape index (κ3) is 3.51. The molecule has 0 aliphatic carbocycles. The monoisotopic (exact) mass is 414 g/mol. The van der Waals surface area contributed by atoms with Crippen molar-refractivity contribution in [2.45, 2.75) is 50.7 Å². The maximum Gasteiger partial charge on any atom is 0.340 e. The van der Waals surface area contributed by atoms with Crippen LogP contribution in [0.3, 0.4) is 0 Å². The first-order valence-corrected chi connectivity index (χ1v) is 9.56. The Morgan fingerprint density at radius 1 is 1.03 bits per heavy atom. The maximum atomic E-state index is 12.8. The lowest BCUT2D eigenvalue weighted by atomic mass is 10.00. The molecule has 158 valence electrons. The van der Waals surface area contributed by atoms with E-state index in [0.29, 0.717) is 22.1 Å². The minimum atomic E-state index is -1.59. The van der Waals surface area contributed by atoms with Crippen molar-refractivity contribution >= 4 is 28.0 Å². The number of esters is 1. The predicted molar refractivity (Wildman–Crippen MR) is 105 cm³/mol. The maximum absolute atomic E-state index is 12.8. The van der Waals surface area contributed by atoms with Crippen LogP contribution in [-0.2, 0) is 9.47 Å². The molecule has 9 heteroatoms. The molecule has 0 radical (unpaired) electrons. The number of ether oxygens (including phenoxy) is 2. The summed E-state index contributed by atoms with van der Waals surface area (Å²) in [7, 11) is 0. The Morgan fingerprint density at radius 2 is 1.67 bits per heavy atom. The lowest BCUT2D eigenvalue weighted by Gasteiger charge is -2.38. The van der Waals surface area contributed by atoms with Crippen LogP contribution in [0.25, 0.3) is 22.1 Å². The van der Waals surface area contributed by atoms with E-state index in [1.54, 1.807) is 37.3 Å². The van der Waals surface area contributed by atoms with Crippen LogP contribution in [0.4, 0.5) is 0 Å². The summed E-state index contributed by atoms with van der Waals surface area (Å²) in [4.78, 5) is 21.9. The van der Waals surface area contributed by atoms with Crippen LogP contribution in [-0.4, -0.2) is 67.1 Å². The van der Waals surface area contributed by atoms with E-state index in [1.807, 2.05) is 0 Å². The smallest absolute Gasteiger partial charge is 0.340 e. The van der Waals surface area contributed by atoms with Crippen molar-refractivity contribution < 1.29 is 34.7 Å². The van der Waals surface area contributed by atoms with Gasteiger partial charge in [-0.3, -0.25) is 0 Å². The predicted octanol–water partition coefficient (Wildman–Crippen LogP) is 0.821. The Labute approximate surface area is 171 Å². The number of carbonyl (C=O) groups is 1. The summed E-state index contributed by atoms with van der Waals surface area (Å²) in [6.07, 6.45) is -7.43. The molecule has 2 aromatic carbocycles. The molecule has 4 N–H and O–H groups in total. The summed E-state index contributed by atoms with van der Waals surface area (Å²) < 4.78 is 10.4. The van der Waals surface area contributed by atoms with Crippen LogP contribution in [0.1, 0.15) is 35.9 Å². The number of benzene rings is 2. The van der Waals surface area contributed by atoms with Crippen molar-refractivity contribution in [3.05, 3.63) is 47.5 Å². The van der Waals surface area contributed by atoms with Gasteiger partial charge in [0, 0.05) is 5.56 Å². The van der Waals surface area contributed by atoms with Crippen molar-refractivity contribution in [2.75, 3.05) is 0 Å². The number of aliphatic hydroxyl groups excluding tert-OH is 4. The average molecular weight is 414 g/mol. The van der Waals surface area contributed by atoms with Gasteiger partial charge in [0.15, 0.2) is 12.4 Å². The number of rotatable bonds is 3.